The number of ether oxygens (including phenoxy) is 1. The number of rotatable bonds is 10. The minimum Gasteiger partial charge on any atom is -0.490 e. The highest BCUT2D eigenvalue weighted by Crippen LogP contribution is 2.32. The van der Waals surface area contributed by atoms with Crippen LogP contribution in [-0.4, -0.2) is 49.2 Å². The first-order valence-corrected chi connectivity index (χ1v) is 11.6. The van der Waals surface area contributed by atoms with Gasteiger partial charge in [-0.05, 0) is 48.4 Å². The first-order chi connectivity index (χ1) is 18.1. The maximum Gasteiger partial charge on any atom is 0.351 e. The van der Waals surface area contributed by atoms with E-state index in [-0.39, 0.29) is 18.5 Å². The van der Waals surface area contributed by atoms with E-state index >= 15 is 0 Å². The first-order valence-electron chi connectivity index (χ1n) is 11.6. The molecule has 1 aromatic heterocycles. The Morgan fingerprint density at radius 1 is 1.13 bits per heavy atom. The Bertz CT molecular complexity index is 1560. The van der Waals surface area contributed by atoms with Crippen molar-refractivity contribution in [2.45, 2.75) is 38.6 Å². The van der Waals surface area contributed by atoms with Crippen molar-refractivity contribution in [2.24, 2.45) is 0 Å². The average Bonchev–Trinajstić information content (AvgIpc) is 3.36. The van der Waals surface area contributed by atoms with Gasteiger partial charge in [0.05, 0.1) is 18.1 Å². The number of nitrogens with one attached hydrogen (secondary N) is 1. The SMILES string of the molecule is CC(C)Oc1ccc(-c2nc(-c3ccc(CNC(O)(CC(=O)O)C(=O)O)c4ccccc34)no2)cc1C#N. The number of carboxylic acid groups (broad SMARTS) is 2. The van der Waals surface area contributed by atoms with E-state index in [1.54, 1.807) is 42.5 Å². The number of aliphatic carboxylic acids is 2. The van der Waals surface area contributed by atoms with Gasteiger partial charge in [-0.15, -0.1) is 0 Å². The number of hydrogen-bond donors (Lipinski definition) is 4. The van der Waals surface area contributed by atoms with Crippen molar-refractivity contribution >= 4 is 22.7 Å². The summed E-state index contributed by atoms with van der Waals surface area (Å²) in [6.07, 6.45) is -1.10. The van der Waals surface area contributed by atoms with Crippen LogP contribution in [0.5, 0.6) is 5.75 Å². The Kier molecular flexibility index (Phi) is 7.38. The summed E-state index contributed by atoms with van der Waals surface area (Å²) in [5, 5.41) is 46.1. The number of carbonyl (C=O) groups is 2. The summed E-state index contributed by atoms with van der Waals surface area (Å²) in [6.45, 7) is 3.62. The topological polar surface area (TPSA) is 179 Å². The van der Waals surface area contributed by atoms with Crippen LogP contribution >= 0.6 is 0 Å². The molecule has 0 aliphatic heterocycles. The zero-order valence-electron chi connectivity index (χ0n) is 20.5. The second-order valence-electron chi connectivity index (χ2n) is 8.82. The van der Waals surface area contributed by atoms with Gasteiger partial charge in [-0.3, -0.25) is 10.1 Å². The number of carboxylic acids is 2. The van der Waals surface area contributed by atoms with Crippen molar-refractivity contribution in [1.82, 2.24) is 15.5 Å². The van der Waals surface area contributed by atoms with E-state index in [2.05, 4.69) is 21.5 Å². The molecule has 3 aromatic carbocycles. The van der Waals surface area contributed by atoms with E-state index in [9.17, 15) is 25.1 Å². The molecule has 0 saturated heterocycles. The summed E-state index contributed by atoms with van der Waals surface area (Å²) in [5.74, 6) is -2.19. The van der Waals surface area contributed by atoms with Gasteiger partial charge in [0.15, 0.2) is 0 Å². The van der Waals surface area contributed by atoms with E-state index in [4.69, 9.17) is 14.4 Å². The molecule has 0 saturated carbocycles. The second-order valence-corrected chi connectivity index (χ2v) is 8.82. The molecule has 0 fully saturated rings. The maximum absolute atomic E-state index is 11.5. The maximum atomic E-state index is 11.5. The minimum absolute atomic E-state index is 0.0931. The van der Waals surface area contributed by atoms with E-state index in [1.807, 2.05) is 26.0 Å². The van der Waals surface area contributed by atoms with Gasteiger partial charge in [-0.1, -0.05) is 41.6 Å². The van der Waals surface area contributed by atoms with Crippen molar-refractivity contribution < 1.29 is 34.2 Å². The molecule has 0 aliphatic rings. The van der Waals surface area contributed by atoms with Crippen LogP contribution in [-0.2, 0) is 16.1 Å². The van der Waals surface area contributed by atoms with Gasteiger partial charge in [0.25, 0.3) is 5.89 Å². The molecule has 4 rings (SSSR count). The Balaban J connectivity index is 1.66. The minimum atomic E-state index is -2.63. The molecule has 0 spiro atoms. The van der Waals surface area contributed by atoms with Gasteiger partial charge >= 0.3 is 11.9 Å². The van der Waals surface area contributed by atoms with Crippen molar-refractivity contribution in [3.8, 4) is 34.7 Å². The smallest absolute Gasteiger partial charge is 0.351 e. The zero-order chi connectivity index (χ0) is 27.4. The van der Waals surface area contributed by atoms with Crippen LogP contribution in [0.2, 0.25) is 0 Å². The summed E-state index contributed by atoms with van der Waals surface area (Å²) < 4.78 is 11.1. The molecule has 194 valence electrons. The number of aromatic nitrogens is 2. The highest BCUT2D eigenvalue weighted by Gasteiger charge is 2.38. The lowest BCUT2D eigenvalue weighted by Gasteiger charge is -2.23. The third kappa shape index (κ3) is 5.46. The van der Waals surface area contributed by atoms with E-state index < -0.39 is 24.1 Å². The third-order valence-corrected chi connectivity index (χ3v) is 5.72. The Labute approximate surface area is 216 Å². The largest absolute Gasteiger partial charge is 0.490 e. The molecular weight excluding hydrogens is 492 g/mol. The molecule has 1 atom stereocenters. The van der Waals surface area contributed by atoms with Gasteiger partial charge in [0.1, 0.15) is 11.8 Å². The number of hydrogen-bond acceptors (Lipinski definition) is 9. The van der Waals surface area contributed by atoms with Crippen LogP contribution in [0, 0.1) is 11.3 Å². The molecule has 11 nitrogen and oxygen atoms in total. The molecular formula is C27H24N4O7. The van der Waals surface area contributed by atoms with Gasteiger partial charge in [0.2, 0.25) is 11.5 Å². The molecule has 1 unspecified atom stereocenters. The average molecular weight is 517 g/mol. The lowest BCUT2D eigenvalue weighted by Crippen LogP contribution is -2.53. The lowest BCUT2D eigenvalue weighted by molar-refractivity contribution is -0.169. The lowest BCUT2D eigenvalue weighted by atomic mass is 9.98. The molecule has 1 heterocycles. The van der Waals surface area contributed by atoms with Gasteiger partial charge < -0.3 is 24.6 Å². The monoisotopic (exact) mass is 516 g/mol. The summed E-state index contributed by atoms with van der Waals surface area (Å²) in [5.41, 5.74) is -0.488. The normalized spacial score (nSPS) is 12.7. The molecule has 0 amide bonds. The highest BCUT2D eigenvalue weighted by molar-refractivity contribution is 5.97. The molecule has 4 aromatic rings. The van der Waals surface area contributed by atoms with E-state index in [0.717, 1.165) is 5.39 Å². The Morgan fingerprint density at radius 2 is 1.87 bits per heavy atom. The standard InChI is InChI=1S/C27H24N4O7/c1-15(2)37-22-10-8-16(11-18(22)13-28)25-30-24(31-38-25)21-9-7-17(19-5-3-4-6-20(19)21)14-29-27(36,26(34)35)12-23(32)33/h3-11,15,29,36H,12,14H2,1-2H3,(H,32,33)(H,34,35). The predicted octanol–water partition coefficient (Wildman–Crippen LogP) is 3.55. The molecule has 0 radical (unpaired) electrons. The van der Waals surface area contributed by atoms with Crippen LogP contribution in [0.1, 0.15) is 31.4 Å². The fourth-order valence-electron chi connectivity index (χ4n) is 3.94. The van der Waals surface area contributed by atoms with Crippen molar-refractivity contribution in [3.05, 3.63) is 65.7 Å². The fourth-order valence-corrected chi connectivity index (χ4v) is 3.94. The van der Waals surface area contributed by atoms with Crippen LogP contribution in [0.15, 0.2) is 59.1 Å². The molecule has 38 heavy (non-hydrogen) atoms. The number of aliphatic hydroxyl groups is 1. The second kappa shape index (κ2) is 10.7. The summed E-state index contributed by atoms with van der Waals surface area (Å²) >= 11 is 0. The number of benzene rings is 3. The number of fused-ring (bicyclic) bond motifs is 1. The zero-order valence-corrected chi connectivity index (χ0v) is 20.5. The van der Waals surface area contributed by atoms with E-state index in [1.165, 1.54) is 0 Å². The summed E-state index contributed by atoms with van der Waals surface area (Å²) in [6, 6.07) is 17.8. The van der Waals surface area contributed by atoms with Gasteiger partial charge in [-0.25, -0.2) is 4.79 Å². The Morgan fingerprint density at radius 3 is 2.53 bits per heavy atom. The van der Waals surface area contributed by atoms with Crippen LogP contribution in [0.25, 0.3) is 33.6 Å². The predicted molar refractivity (Wildman–Crippen MR) is 135 cm³/mol. The molecule has 0 bridgehead atoms. The van der Waals surface area contributed by atoms with Gasteiger partial charge in [-0.2, -0.15) is 10.2 Å². The quantitative estimate of drug-likeness (QED) is 0.226. The van der Waals surface area contributed by atoms with Crippen LogP contribution < -0.4 is 10.1 Å². The summed E-state index contributed by atoms with van der Waals surface area (Å²) in [7, 11) is 0. The highest BCUT2D eigenvalue weighted by atomic mass is 16.5. The van der Waals surface area contributed by atoms with Crippen molar-refractivity contribution in [2.75, 3.05) is 0 Å². The molecule has 4 N–H and O–H groups in total. The van der Waals surface area contributed by atoms with Crippen LogP contribution in [0.3, 0.4) is 0 Å². The molecule has 0 aliphatic carbocycles. The Hall–Kier alpha value is -4.79. The summed E-state index contributed by atoms with van der Waals surface area (Å²) in [4.78, 5) is 27.0. The molecule has 11 heteroatoms. The van der Waals surface area contributed by atoms with Gasteiger partial charge in [0, 0.05) is 17.7 Å². The van der Waals surface area contributed by atoms with Crippen molar-refractivity contribution in [1.29, 1.82) is 5.26 Å². The fraction of sp³-hybridized carbons (Fsp3) is 0.222. The van der Waals surface area contributed by atoms with Crippen molar-refractivity contribution in [3.63, 3.8) is 0 Å². The van der Waals surface area contributed by atoms with Crippen LogP contribution in [0.4, 0.5) is 0 Å². The third-order valence-electron chi connectivity index (χ3n) is 5.72. The van der Waals surface area contributed by atoms with E-state index in [0.29, 0.717) is 39.2 Å². The number of nitrogens with zero attached hydrogens (tertiary/aromatic N) is 3. The number of nitriles is 1. The first kappa shape index (κ1) is 26.3.